The topological polar surface area (TPSA) is 186 Å². The summed E-state index contributed by atoms with van der Waals surface area (Å²) in [7, 11) is -5.08. The molecule has 2 rings (SSSR count). The fourth-order valence-corrected chi connectivity index (χ4v) is 6.15. The molecule has 44 heavy (non-hydrogen) atoms. The third kappa shape index (κ3) is 14.3. The second kappa shape index (κ2) is 18.8. The standard InChI is InChI=1S/C32H52NO10P/c1-4-25-15-16-31(36)42-28(25)17-18-32(37,19-20-33)29(43-44(38,39)40)22-26(34)12-6-5-10-24-11-8-13-27(21-24)41-30(35)14-7-9-23(2)3/h5-6,10,12,15-18,23-29,34,37H,4,7-9,11,13-14,19-22,33H2,1-3H3,(H2,38,39,40)/b10-5-,12-6-,18-17+/t24-,25+,26+,27+,28+,29-,32?/m1/s1. The predicted octanol–water partition coefficient (Wildman–Crippen LogP) is 4.40. The van der Waals surface area contributed by atoms with Crippen LogP contribution in [0.4, 0.5) is 0 Å². The lowest BCUT2D eigenvalue weighted by molar-refractivity contribution is -0.151. The Morgan fingerprint density at radius 2 is 2.00 bits per heavy atom. The second-order valence-electron chi connectivity index (χ2n) is 12.2. The van der Waals surface area contributed by atoms with Crippen LogP contribution in [0.5, 0.6) is 0 Å². The molecular formula is C32H52NO10P. The van der Waals surface area contributed by atoms with Crippen LogP contribution in [0.2, 0.25) is 0 Å². The summed E-state index contributed by atoms with van der Waals surface area (Å²) >= 11 is 0. The van der Waals surface area contributed by atoms with E-state index in [1.54, 1.807) is 18.2 Å². The van der Waals surface area contributed by atoms with Gasteiger partial charge in [-0.3, -0.25) is 9.32 Å². The van der Waals surface area contributed by atoms with Crippen molar-refractivity contribution in [3.8, 4) is 0 Å². The van der Waals surface area contributed by atoms with Gasteiger partial charge in [0.1, 0.15) is 23.9 Å². The molecule has 0 aromatic rings. The molecule has 7 atom stereocenters. The van der Waals surface area contributed by atoms with Crippen LogP contribution in [0.15, 0.2) is 48.6 Å². The van der Waals surface area contributed by atoms with Crippen LogP contribution in [0.25, 0.3) is 0 Å². The monoisotopic (exact) mass is 641 g/mol. The van der Waals surface area contributed by atoms with E-state index in [1.165, 1.54) is 24.3 Å². The maximum Gasteiger partial charge on any atom is 0.469 e. The van der Waals surface area contributed by atoms with E-state index in [0.717, 1.165) is 38.5 Å². The first-order chi connectivity index (χ1) is 20.7. The molecule has 11 nitrogen and oxygen atoms in total. The fourth-order valence-electron chi connectivity index (χ4n) is 5.55. The molecule has 1 fully saturated rings. The molecule has 0 aromatic heterocycles. The van der Waals surface area contributed by atoms with Crippen LogP contribution in [-0.4, -0.2) is 68.5 Å². The van der Waals surface area contributed by atoms with E-state index in [2.05, 4.69) is 13.8 Å². The average Bonchev–Trinajstić information content (AvgIpc) is 2.93. The summed E-state index contributed by atoms with van der Waals surface area (Å²) < 4.78 is 27.8. The number of phosphoric acid groups is 1. The van der Waals surface area contributed by atoms with Gasteiger partial charge in [0.05, 0.1) is 6.10 Å². The molecular weight excluding hydrogens is 589 g/mol. The minimum atomic E-state index is -5.08. The minimum absolute atomic E-state index is 0.0479. The van der Waals surface area contributed by atoms with Crippen molar-refractivity contribution in [2.75, 3.05) is 6.54 Å². The van der Waals surface area contributed by atoms with Gasteiger partial charge in [0.25, 0.3) is 0 Å². The van der Waals surface area contributed by atoms with Gasteiger partial charge in [-0.15, -0.1) is 0 Å². The molecule has 2 aliphatic rings. The number of nitrogens with two attached hydrogens (primary N) is 1. The number of rotatable bonds is 18. The smallest absolute Gasteiger partial charge is 0.462 e. The SMILES string of the molecule is CC[C@H]1C=CC(=O)O[C@H]1/C=C/C(O)(CCN)[C@@H](C[C@@H](O)/C=C\C=C/[C@@H]1CCC[C@H](OC(=O)CCCC(C)C)C1)OP(=O)(O)O. The molecule has 1 aliphatic carbocycles. The van der Waals surface area contributed by atoms with Crippen molar-refractivity contribution in [3.63, 3.8) is 0 Å². The van der Waals surface area contributed by atoms with E-state index in [1.807, 2.05) is 13.0 Å². The number of hydrogen-bond acceptors (Lipinski definition) is 9. The van der Waals surface area contributed by atoms with Crippen molar-refractivity contribution in [1.29, 1.82) is 0 Å². The highest BCUT2D eigenvalue weighted by molar-refractivity contribution is 7.46. The summed E-state index contributed by atoms with van der Waals surface area (Å²) in [6, 6.07) is 0. The number of aliphatic hydroxyl groups excluding tert-OH is 1. The van der Waals surface area contributed by atoms with Crippen LogP contribution in [0.1, 0.15) is 85.0 Å². The van der Waals surface area contributed by atoms with E-state index < -0.39 is 37.7 Å². The Bertz CT molecular complexity index is 1070. The molecule has 0 saturated heterocycles. The van der Waals surface area contributed by atoms with Crippen molar-refractivity contribution in [3.05, 3.63) is 48.6 Å². The lowest BCUT2D eigenvalue weighted by Crippen LogP contribution is -2.45. The Morgan fingerprint density at radius 1 is 1.25 bits per heavy atom. The molecule has 12 heteroatoms. The highest BCUT2D eigenvalue weighted by atomic mass is 31.2. The molecule has 0 bridgehead atoms. The highest BCUT2D eigenvalue weighted by Crippen LogP contribution is 2.42. The average molecular weight is 642 g/mol. The van der Waals surface area contributed by atoms with E-state index in [-0.39, 0.29) is 43.3 Å². The molecule has 0 radical (unpaired) electrons. The molecule has 1 heterocycles. The molecule has 250 valence electrons. The number of allylic oxidation sites excluding steroid dienone is 3. The third-order valence-corrected chi connectivity index (χ3v) is 8.51. The van der Waals surface area contributed by atoms with Gasteiger partial charge in [-0.25, -0.2) is 9.36 Å². The fraction of sp³-hybridized carbons (Fsp3) is 0.688. The number of cyclic esters (lactones) is 1. The van der Waals surface area contributed by atoms with Crippen molar-refractivity contribution in [2.45, 2.75) is 115 Å². The van der Waals surface area contributed by atoms with Crippen LogP contribution >= 0.6 is 7.82 Å². The molecule has 1 saturated carbocycles. The predicted molar refractivity (Wildman–Crippen MR) is 167 cm³/mol. The zero-order chi connectivity index (χ0) is 32.8. The maximum absolute atomic E-state index is 12.2. The third-order valence-electron chi connectivity index (χ3n) is 7.98. The number of ether oxygens (including phenoxy) is 2. The summed E-state index contributed by atoms with van der Waals surface area (Å²) in [5.74, 6) is -0.0706. The van der Waals surface area contributed by atoms with E-state index >= 15 is 0 Å². The zero-order valence-corrected chi connectivity index (χ0v) is 27.1. The van der Waals surface area contributed by atoms with Gasteiger partial charge in [0.15, 0.2) is 0 Å². The Hall–Kier alpha value is -2.11. The zero-order valence-electron chi connectivity index (χ0n) is 26.2. The van der Waals surface area contributed by atoms with Crippen LogP contribution in [0, 0.1) is 17.8 Å². The number of carbonyl (C=O) groups is 2. The summed E-state index contributed by atoms with van der Waals surface area (Å²) in [6.07, 6.45) is 14.9. The van der Waals surface area contributed by atoms with Gasteiger partial charge in [-0.2, -0.15) is 0 Å². The van der Waals surface area contributed by atoms with Crippen molar-refractivity contribution >= 4 is 19.8 Å². The molecule has 1 unspecified atom stereocenters. The molecule has 0 spiro atoms. The number of esters is 2. The Kier molecular flexibility index (Phi) is 16.2. The minimum Gasteiger partial charge on any atom is -0.462 e. The first-order valence-electron chi connectivity index (χ1n) is 15.7. The van der Waals surface area contributed by atoms with Crippen molar-refractivity contribution < 1.29 is 48.2 Å². The number of phosphoric ester groups is 1. The molecule has 6 N–H and O–H groups in total. The van der Waals surface area contributed by atoms with E-state index in [9.17, 15) is 34.2 Å². The highest BCUT2D eigenvalue weighted by Gasteiger charge is 2.40. The Balaban J connectivity index is 2.03. The van der Waals surface area contributed by atoms with Crippen LogP contribution in [0.3, 0.4) is 0 Å². The van der Waals surface area contributed by atoms with Gasteiger partial charge in [0, 0.05) is 24.8 Å². The normalized spacial score (nSPS) is 25.9. The van der Waals surface area contributed by atoms with Crippen LogP contribution in [-0.2, 0) is 28.2 Å². The van der Waals surface area contributed by atoms with Gasteiger partial charge >= 0.3 is 19.8 Å². The summed E-state index contributed by atoms with van der Waals surface area (Å²) in [4.78, 5) is 43.1. The quantitative estimate of drug-likeness (QED) is 0.0618. The van der Waals surface area contributed by atoms with Crippen molar-refractivity contribution in [2.24, 2.45) is 23.5 Å². The van der Waals surface area contributed by atoms with E-state index in [4.69, 9.17) is 19.7 Å². The number of carbonyl (C=O) groups excluding carboxylic acids is 2. The summed E-state index contributed by atoms with van der Waals surface area (Å²) in [5.41, 5.74) is 3.74. The van der Waals surface area contributed by atoms with Gasteiger partial charge < -0.3 is 35.2 Å². The molecule has 1 aliphatic heterocycles. The van der Waals surface area contributed by atoms with Crippen LogP contribution < -0.4 is 5.73 Å². The first-order valence-corrected chi connectivity index (χ1v) is 17.2. The summed E-state index contributed by atoms with van der Waals surface area (Å²) in [6.45, 7) is 6.12. The second-order valence-corrected chi connectivity index (χ2v) is 13.4. The van der Waals surface area contributed by atoms with Gasteiger partial charge in [-0.1, -0.05) is 63.6 Å². The van der Waals surface area contributed by atoms with Gasteiger partial charge in [-0.05, 0) is 69.4 Å². The molecule has 0 aromatic carbocycles. The van der Waals surface area contributed by atoms with Gasteiger partial charge in [0.2, 0.25) is 0 Å². The largest absolute Gasteiger partial charge is 0.469 e. The Morgan fingerprint density at radius 3 is 2.66 bits per heavy atom. The Labute approximate surface area is 261 Å². The first kappa shape index (κ1) is 38.1. The lowest BCUT2D eigenvalue weighted by Gasteiger charge is -2.35. The lowest BCUT2D eigenvalue weighted by atomic mass is 9.86. The van der Waals surface area contributed by atoms with Crippen molar-refractivity contribution in [1.82, 2.24) is 0 Å². The van der Waals surface area contributed by atoms with E-state index in [0.29, 0.717) is 18.8 Å². The number of hydrogen-bond donors (Lipinski definition) is 5. The summed E-state index contributed by atoms with van der Waals surface area (Å²) in [5, 5.41) is 22.2. The molecule has 0 amide bonds. The maximum atomic E-state index is 12.2. The number of aliphatic hydroxyl groups is 2.